The second-order valence-electron chi connectivity index (χ2n) is 6.24. The normalized spacial score (nSPS) is 13.5. The minimum Gasteiger partial charge on any atom is -0.497 e. The fourth-order valence-electron chi connectivity index (χ4n) is 2.65. The average molecular weight is 324 g/mol. The van der Waals surface area contributed by atoms with Gasteiger partial charge in [-0.25, -0.2) is 0 Å². The van der Waals surface area contributed by atoms with Crippen LogP contribution in [0.5, 0.6) is 5.75 Å². The Hall–Kier alpha value is -2.33. The van der Waals surface area contributed by atoms with Gasteiger partial charge in [0, 0.05) is 5.69 Å². The number of nitrogens with zero attached hydrogens (tertiary/aromatic N) is 1. The molecule has 4 nitrogen and oxygen atoms in total. The second-order valence-corrected chi connectivity index (χ2v) is 6.24. The number of rotatable bonds is 8. The number of nitrogens with one attached hydrogen (secondary N) is 1. The van der Waals surface area contributed by atoms with Crippen LogP contribution in [0.25, 0.3) is 0 Å². The van der Waals surface area contributed by atoms with E-state index in [0.717, 1.165) is 29.5 Å². The number of amides is 1. The molecule has 0 aromatic heterocycles. The summed E-state index contributed by atoms with van der Waals surface area (Å²) in [5, 5.41) is 3.29. The molecule has 0 heterocycles. The van der Waals surface area contributed by atoms with E-state index in [1.165, 1.54) is 12.8 Å². The van der Waals surface area contributed by atoms with E-state index in [1.54, 1.807) is 7.11 Å². The fraction of sp³-hybridized carbons (Fsp3) is 0.350. The number of ether oxygens (including phenoxy) is 1. The van der Waals surface area contributed by atoms with Crippen LogP contribution in [0.2, 0.25) is 0 Å². The Morgan fingerprint density at radius 2 is 1.83 bits per heavy atom. The van der Waals surface area contributed by atoms with Crippen LogP contribution in [0.4, 0.5) is 5.69 Å². The van der Waals surface area contributed by atoms with Gasteiger partial charge >= 0.3 is 0 Å². The third-order valence-corrected chi connectivity index (χ3v) is 4.27. The van der Waals surface area contributed by atoms with E-state index >= 15 is 0 Å². The molecule has 0 saturated heterocycles. The number of methoxy groups -OCH3 is 1. The Bertz CT molecular complexity index is 651. The third-order valence-electron chi connectivity index (χ3n) is 4.27. The summed E-state index contributed by atoms with van der Waals surface area (Å²) in [5.41, 5.74) is 2.00. The molecule has 1 saturated carbocycles. The minimum atomic E-state index is 0.0877. The van der Waals surface area contributed by atoms with Crippen molar-refractivity contribution in [1.29, 1.82) is 0 Å². The van der Waals surface area contributed by atoms with Crippen molar-refractivity contribution in [3.8, 4) is 5.75 Å². The summed E-state index contributed by atoms with van der Waals surface area (Å²) in [6.07, 6.45) is 2.57. The van der Waals surface area contributed by atoms with Crippen molar-refractivity contribution in [3.05, 3.63) is 60.2 Å². The van der Waals surface area contributed by atoms with Gasteiger partial charge in [0.1, 0.15) is 5.75 Å². The number of hydrogen-bond acceptors (Lipinski definition) is 3. The predicted octanol–water partition coefficient (Wildman–Crippen LogP) is 3.23. The molecule has 3 rings (SSSR count). The van der Waals surface area contributed by atoms with E-state index in [-0.39, 0.29) is 5.91 Å². The Kier molecular flexibility index (Phi) is 5.49. The van der Waals surface area contributed by atoms with Gasteiger partial charge in [0.05, 0.1) is 20.2 Å². The largest absolute Gasteiger partial charge is 0.497 e. The highest BCUT2D eigenvalue weighted by molar-refractivity contribution is 5.94. The summed E-state index contributed by atoms with van der Waals surface area (Å²) >= 11 is 0. The maximum atomic E-state index is 12.7. The molecule has 24 heavy (non-hydrogen) atoms. The lowest BCUT2D eigenvalue weighted by Gasteiger charge is -2.23. The first-order valence-corrected chi connectivity index (χ1v) is 8.45. The van der Waals surface area contributed by atoms with Crippen LogP contribution in [0.15, 0.2) is 54.6 Å². The van der Waals surface area contributed by atoms with Gasteiger partial charge in [-0.15, -0.1) is 0 Å². The van der Waals surface area contributed by atoms with Crippen molar-refractivity contribution in [1.82, 2.24) is 5.32 Å². The molecule has 0 unspecified atom stereocenters. The highest BCUT2D eigenvalue weighted by Gasteiger charge is 2.22. The van der Waals surface area contributed by atoms with Gasteiger partial charge in [-0.05, 0) is 55.1 Å². The summed E-state index contributed by atoms with van der Waals surface area (Å²) in [6.45, 7) is 1.88. The molecule has 0 radical (unpaired) electrons. The van der Waals surface area contributed by atoms with Crippen LogP contribution >= 0.6 is 0 Å². The lowest BCUT2D eigenvalue weighted by Crippen LogP contribution is -2.38. The summed E-state index contributed by atoms with van der Waals surface area (Å²) in [6, 6.07) is 17.7. The Labute approximate surface area is 143 Å². The van der Waals surface area contributed by atoms with E-state index < -0.39 is 0 Å². The molecule has 2 aromatic carbocycles. The SMILES string of the molecule is COc1ccc(N(Cc2ccccc2)C(=O)CNCC2CC2)cc1. The average Bonchev–Trinajstić information content (AvgIpc) is 3.45. The molecule has 0 aliphatic heterocycles. The number of benzene rings is 2. The molecule has 1 aliphatic rings. The van der Waals surface area contributed by atoms with Gasteiger partial charge in [0.25, 0.3) is 0 Å². The smallest absolute Gasteiger partial charge is 0.241 e. The molecule has 0 spiro atoms. The fourth-order valence-corrected chi connectivity index (χ4v) is 2.65. The van der Waals surface area contributed by atoms with E-state index in [9.17, 15) is 4.79 Å². The van der Waals surface area contributed by atoms with Crippen LogP contribution in [0.3, 0.4) is 0 Å². The van der Waals surface area contributed by atoms with Gasteiger partial charge in [0.2, 0.25) is 5.91 Å². The van der Waals surface area contributed by atoms with Crippen molar-refractivity contribution in [2.45, 2.75) is 19.4 Å². The standard InChI is InChI=1S/C20H24N2O2/c1-24-19-11-9-18(10-12-19)22(15-17-5-3-2-4-6-17)20(23)14-21-13-16-7-8-16/h2-6,9-12,16,21H,7-8,13-15H2,1H3. The minimum absolute atomic E-state index is 0.0877. The number of hydrogen-bond donors (Lipinski definition) is 1. The molecule has 1 aliphatic carbocycles. The summed E-state index contributed by atoms with van der Waals surface area (Å²) < 4.78 is 5.21. The molecule has 1 fully saturated rings. The van der Waals surface area contributed by atoms with Crippen molar-refractivity contribution < 1.29 is 9.53 Å². The first-order valence-electron chi connectivity index (χ1n) is 8.45. The first-order chi connectivity index (χ1) is 11.8. The topological polar surface area (TPSA) is 41.6 Å². The van der Waals surface area contributed by atoms with Crippen LogP contribution in [0.1, 0.15) is 18.4 Å². The summed E-state index contributed by atoms with van der Waals surface area (Å²) in [5.74, 6) is 1.64. The van der Waals surface area contributed by atoms with E-state index in [2.05, 4.69) is 5.32 Å². The zero-order valence-corrected chi connectivity index (χ0v) is 14.1. The Morgan fingerprint density at radius 1 is 1.12 bits per heavy atom. The molecular weight excluding hydrogens is 300 g/mol. The lowest BCUT2D eigenvalue weighted by atomic mass is 10.2. The van der Waals surface area contributed by atoms with Crippen LogP contribution < -0.4 is 15.0 Å². The molecular formula is C20H24N2O2. The first kappa shape index (κ1) is 16.5. The molecule has 0 atom stereocenters. The zero-order chi connectivity index (χ0) is 16.8. The number of carbonyl (C=O) groups is 1. The van der Waals surface area contributed by atoms with Crippen molar-refractivity contribution in [2.75, 3.05) is 25.1 Å². The van der Waals surface area contributed by atoms with Gasteiger partial charge in [0.15, 0.2) is 0 Å². The van der Waals surface area contributed by atoms with Gasteiger partial charge in [-0.3, -0.25) is 4.79 Å². The highest BCUT2D eigenvalue weighted by atomic mass is 16.5. The van der Waals surface area contributed by atoms with Crippen LogP contribution in [-0.2, 0) is 11.3 Å². The summed E-state index contributed by atoms with van der Waals surface area (Å²) in [4.78, 5) is 14.6. The molecule has 0 bridgehead atoms. The van der Waals surface area contributed by atoms with Crippen LogP contribution in [0, 0.1) is 5.92 Å². The van der Waals surface area contributed by atoms with E-state index in [1.807, 2.05) is 59.5 Å². The molecule has 126 valence electrons. The quantitative estimate of drug-likeness (QED) is 0.810. The maximum absolute atomic E-state index is 12.7. The molecule has 2 aromatic rings. The summed E-state index contributed by atoms with van der Waals surface area (Å²) in [7, 11) is 1.64. The molecule has 1 N–H and O–H groups in total. The van der Waals surface area contributed by atoms with E-state index in [4.69, 9.17) is 4.74 Å². The van der Waals surface area contributed by atoms with Gasteiger partial charge in [-0.2, -0.15) is 0 Å². The Morgan fingerprint density at radius 3 is 2.46 bits per heavy atom. The molecule has 1 amide bonds. The van der Waals surface area contributed by atoms with Gasteiger partial charge in [-0.1, -0.05) is 30.3 Å². The Balaban J connectivity index is 1.71. The zero-order valence-electron chi connectivity index (χ0n) is 14.1. The lowest BCUT2D eigenvalue weighted by molar-refractivity contribution is -0.117. The monoisotopic (exact) mass is 324 g/mol. The van der Waals surface area contributed by atoms with Crippen molar-refractivity contribution in [2.24, 2.45) is 5.92 Å². The van der Waals surface area contributed by atoms with Crippen molar-refractivity contribution >= 4 is 11.6 Å². The molecule has 4 heteroatoms. The van der Waals surface area contributed by atoms with Gasteiger partial charge < -0.3 is 15.0 Å². The van der Waals surface area contributed by atoms with E-state index in [0.29, 0.717) is 13.1 Å². The third kappa shape index (κ3) is 4.59. The van der Waals surface area contributed by atoms with Crippen LogP contribution in [-0.4, -0.2) is 26.1 Å². The maximum Gasteiger partial charge on any atom is 0.241 e. The second kappa shape index (κ2) is 7.97. The predicted molar refractivity (Wildman–Crippen MR) is 96.2 cm³/mol. The highest BCUT2D eigenvalue weighted by Crippen LogP contribution is 2.27. The number of anilines is 1. The number of carbonyl (C=O) groups excluding carboxylic acids is 1. The van der Waals surface area contributed by atoms with Crippen molar-refractivity contribution in [3.63, 3.8) is 0 Å².